The highest BCUT2D eigenvalue weighted by Crippen LogP contribution is 2.27. The van der Waals surface area contributed by atoms with Gasteiger partial charge in [0.05, 0.1) is 0 Å². The molecule has 1 aromatic carbocycles. The Hall–Kier alpha value is -2.40. The molecule has 0 aliphatic rings. The molecule has 2 heterocycles. The van der Waals surface area contributed by atoms with E-state index < -0.39 is 5.82 Å². The van der Waals surface area contributed by atoms with Crippen LogP contribution in [0.5, 0.6) is 11.6 Å². The quantitative estimate of drug-likeness (QED) is 0.785. The van der Waals surface area contributed by atoms with Crippen molar-refractivity contribution in [3.63, 3.8) is 0 Å². The van der Waals surface area contributed by atoms with Crippen LogP contribution < -0.4 is 10.5 Å². The van der Waals surface area contributed by atoms with E-state index in [1.165, 1.54) is 6.07 Å². The molecular weight excluding hydrogens is 245 g/mol. The number of halogens is 1. The van der Waals surface area contributed by atoms with Gasteiger partial charge in [0.15, 0.2) is 11.6 Å². The topological polar surface area (TPSA) is 52.5 Å². The van der Waals surface area contributed by atoms with Crippen LogP contribution >= 0.6 is 0 Å². The number of para-hydroxylation sites is 1. The van der Waals surface area contributed by atoms with Gasteiger partial charge >= 0.3 is 0 Å². The number of nitrogens with zero attached hydrogens (tertiary/aromatic N) is 2. The van der Waals surface area contributed by atoms with Gasteiger partial charge in [-0.15, -0.1) is 0 Å². The maximum absolute atomic E-state index is 13.6. The van der Waals surface area contributed by atoms with Gasteiger partial charge in [0.25, 0.3) is 0 Å². The zero-order chi connectivity index (χ0) is 13.2. The van der Waals surface area contributed by atoms with E-state index in [4.69, 9.17) is 10.5 Å². The fourth-order valence-electron chi connectivity index (χ4n) is 1.92. The van der Waals surface area contributed by atoms with Gasteiger partial charge in [0.1, 0.15) is 11.3 Å². The smallest absolute Gasteiger partial charge is 0.242 e. The molecule has 0 fully saturated rings. The van der Waals surface area contributed by atoms with Crippen LogP contribution in [0.25, 0.3) is 5.65 Å². The first-order chi connectivity index (χ1) is 9.29. The zero-order valence-corrected chi connectivity index (χ0v) is 10.1. The highest BCUT2D eigenvalue weighted by molar-refractivity contribution is 5.46. The predicted molar refractivity (Wildman–Crippen MR) is 69.6 cm³/mol. The summed E-state index contributed by atoms with van der Waals surface area (Å²) in [5.41, 5.74) is 7.14. The fraction of sp³-hybridized carbons (Fsp3) is 0.0714. The number of imidazole rings is 1. The Labute approximate surface area is 109 Å². The molecule has 19 heavy (non-hydrogen) atoms. The lowest BCUT2D eigenvalue weighted by Gasteiger charge is -2.05. The minimum absolute atomic E-state index is 0.139. The molecular formula is C14H12FN3O. The summed E-state index contributed by atoms with van der Waals surface area (Å²) < 4.78 is 20.9. The molecule has 0 unspecified atom stereocenters. The Bertz CT molecular complexity index is 724. The molecule has 2 aromatic heterocycles. The number of ether oxygens (including phenoxy) is 1. The largest absolute Gasteiger partial charge is 0.434 e. The monoisotopic (exact) mass is 257 g/mol. The minimum atomic E-state index is -0.428. The van der Waals surface area contributed by atoms with Crippen LogP contribution in [0.3, 0.4) is 0 Å². The van der Waals surface area contributed by atoms with Crippen molar-refractivity contribution < 1.29 is 9.13 Å². The fourth-order valence-corrected chi connectivity index (χ4v) is 1.92. The van der Waals surface area contributed by atoms with Gasteiger partial charge in [-0.25, -0.2) is 4.39 Å². The van der Waals surface area contributed by atoms with Crippen molar-refractivity contribution in [2.45, 2.75) is 6.54 Å². The van der Waals surface area contributed by atoms with Crippen LogP contribution in [0.4, 0.5) is 4.39 Å². The molecule has 0 spiro atoms. The summed E-state index contributed by atoms with van der Waals surface area (Å²) in [6.07, 6.45) is 1.85. The Morgan fingerprint density at radius 2 is 1.95 bits per heavy atom. The molecule has 0 aliphatic carbocycles. The summed E-state index contributed by atoms with van der Waals surface area (Å²) in [4.78, 5) is 4.31. The molecule has 0 saturated carbocycles. The summed E-state index contributed by atoms with van der Waals surface area (Å²) >= 11 is 0. The van der Waals surface area contributed by atoms with Gasteiger partial charge in [-0.3, -0.25) is 4.40 Å². The first-order valence-electron chi connectivity index (χ1n) is 5.88. The van der Waals surface area contributed by atoms with Gasteiger partial charge in [0.2, 0.25) is 5.88 Å². The summed E-state index contributed by atoms with van der Waals surface area (Å²) in [6.45, 7) is 0.259. The van der Waals surface area contributed by atoms with E-state index in [0.717, 1.165) is 0 Å². The van der Waals surface area contributed by atoms with Crippen molar-refractivity contribution in [3.05, 3.63) is 60.2 Å². The summed E-state index contributed by atoms with van der Waals surface area (Å²) in [7, 11) is 0. The number of hydrogen-bond acceptors (Lipinski definition) is 3. The second-order valence-electron chi connectivity index (χ2n) is 4.03. The molecule has 0 atom stereocenters. The maximum atomic E-state index is 13.6. The van der Waals surface area contributed by atoms with Crippen molar-refractivity contribution in [2.24, 2.45) is 5.73 Å². The van der Waals surface area contributed by atoms with E-state index in [2.05, 4.69) is 4.98 Å². The van der Waals surface area contributed by atoms with Gasteiger partial charge < -0.3 is 10.5 Å². The SMILES string of the molecule is NCc1c(Oc2ccccc2F)nc2ccccn12. The molecule has 4 nitrogen and oxygen atoms in total. The van der Waals surface area contributed by atoms with Crippen LogP contribution in [-0.4, -0.2) is 9.38 Å². The van der Waals surface area contributed by atoms with Crippen LogP contribution in [0, 0.1) is 5.82 Å². The number of fused-ring (bicyclic) bond motifs is 1. The highest BCUT2D eigenvalue weighted by Gasteiger charge is 2.14. The second kappa shape index (κ2) is 4.70. The van der Waals surface area contributed by atoms with Crippen LogP contribution in [0.2, 0.25) is 0 Å². The van der Waals surface area contributed by atoms with Crippen LogP contribution in [0.15, 0.2) is 48.7 Å². The van der Waals surface area contributed by atoms with Gasteiger partial charge in [-0.05, 0) is 24.3 Å². The Morgan fingerprint density at radius 3 is 2.74 bits per heavy atom. The lowest BCUT2D eigenvalue weighted by atomic mass is 10.3. The van der Waals surface area contributed by atoms with Crippen LogP contribution in [0.1, 0.15) is 5.69 Å². The average Bonchev–Trinajstić information content (AvgIpc) is 2.78. The summed E-state index contributed by atoms with van der Waals surface area (Å²) in [5, 5.41) is 0. The molecule has 0 aliphatic heterocycles. The van der Waals surface area contributed by atoms with E-state index in [1.807, 2.05) is 28.8 Å². The molecule has 5 heteroatoms. The molecule has 3 aromatic rings. The number of aromatic nitrogens is 2. The standard InChI is InChI=1S/C14H12FN3O/c15-10-5-1-2-6-12(10)19-14-11(9-16)18-8-4-3-7-13(18)17-14/h1-8H,9,16H2. The third-order valence-electron chi connectivity index (χ3n) is 2.83. The number of nitrogens with two attached hydrogens (primary N) is 1. The molecule has 0 radical (unpaired) electrons. The third kappa shape index (κ3) is 2.04. The third-order valence-corrected chi connectivity index (χ3v) is 2.83. The Kier molecular flexibility index (Phi) is 2.89. The highest BCUT2D eigenvalue weighted by atomic mass is 19.1. The molecule has 0 amide bonds. The predicted octanol–water partition coefficient (Wildman–Crippen LogP) is 2.72. The first kappa shape index (κ1) is 11.7. The lowest BCUT2D eigenvalue weighted by molar-refractivity contribution is 0.425. The van der Waals surface area contributed by atoms with E-state index in [0.29, 0.717) is 17.2 Å². The van der Waals surface area contributed by atoms with Crippen molar-refractivity contribution in [3.8, 4) is 11.6 Å². The average molecular weight is 257 g/mol. The molecule has 2 N–H and O–H groups in total. The molecule has 3 rings (SSSR count). The van der Waals surface area contributed by atoms with Crippen molar-refractivity contribution in [1.29, 1.82) is 0 Å². The zero-order valence-electron chi connectivity index (χ0n) is 10.1. The summed E-state index contributed by atoms with van der Waals surface area (Å²) in [6, 6.07) is 11.8. The van der Waals surface area contributed by atoms with Crippen molar-refractivity contribution in [1.82, 2.24) is 9.38 Å². The Morgan fingerprint density at radius 1 is 1.16 bits per heavy atom. The minimum Gasteiger partial charge on any atom is -0.434 e. The van der Waals surface area contributed by atoms with Gasteiger partial charge in [-0.2, -0.15) is 4.98 Å². The van der Waals surface area contributed by atoms with E-state index in [-0.39, 0.29) is 12.3 Å². The van der Waals surface area contributed by atoms with E-state index in [1.54, 1.807) is 18.2 Å². The number of pyridine rings is 1. The maximum Gasteiger partial charge on any atom is 0.242 e. The molecule has 0 saturated heterocycles. The van der Waals surface area contributed by atoms with Gasteiger partial charge in [-0.1, -0.05) is 18.2 Å². The van der Waals surface area contributed by atoms with E-state index >= 15 is 0 Å². The first-order valence-corrected chi connectivity index (χ1v) is 5.88. The molecule has 0 bridgehead atoms. The number of hydrogen-bond donors (Lipinski definition) is 1. The van der Waals surface area contributed by atoms with Crippen molar-refractivity contribution >= 4 is 5.65 Å². The summed E-state index contributed by atoms with van der Waals surface area (Å²) in [5.74, 6) is 0.0435. The second-order valence-corrected chi connectivity index (χ2v) is 4.03. The Balaban J connectivity index is 2.08. The van der Waals surface area contributed by atoms with Crippen LogP contribution in [-0.2, 0) is 6.54 Å². The number of benzene rings is 1. The molecule has 96 valence electrons. The van der Waals surface area contributed by atoms with Gasteiger partial charge in [0, 0.05) is 12.7 Å². The van der Waals surface area contributed by atoms with Crippen molar-refractivity contribution in [2.75, 3.05) is 0 Å². The lowest BCUT2D eigenvalue weighted by Crippen LogP contribution is -2.02. The normalized spacial score (nSPS) is 10.8. The number of rotatable bonds is 3. The van der Waals surface area contributed by atoms with E-state index in [9.17, 15) is 4.39 Å².